The minimum atomic E-state index is -4.18. The van der Waals surface area contributed by atoms with Crippen LogP contribution in [0.3, 0.4) is 0 Å². The maximum Gasteiger partial charge on any atom is 0.401 e. The van der Waals surface area contributed by atoms with E-state index in [1.807, 2.05) is 13.0 Å². The van der Waals surface area contributed by atoms with Crippen molar-refractivity contribution in [3.05, 3.63) is 22.7 Å². The van der Waals surface area contributed by atoms with E-state index < -0.39 is 12.7 Å². The molecule has 0 aliphatic carbocycles. The normalized spacial score (nSPS) is 20.3. The Morgan fingerprint density at radius 3 is 2.86 bits per heavy atom. The van der Waals surface area contributed by atoms with E-state index >= 15 is 0 Å². The molecule has 2 aliphatic rings. The van der Waals surface area contributed by atoms with Crippen molar-refractivity contribution in [3.8, 4) is 11.5 Å². The van der Waals surface area contributed by atoms with Gasteiger partial charge in [0, 0.05) is 25.7 Å². The molecular formula is C18H24ClF3N4O2. The van der Waals surface area contributed by atoms with Crippen LogP contribution in [0, 0.1) is 0 Å². The van der Waals surface area contributed by atoms with Gasteiger partial charge in [-0.1, -0.05) is 11.6 Å². The molecule has 1 atom stereocenters. The van der Waals surface area contributed by atoms with Gasteiger partial charge in [-0.05, 0) is 31.0 Å². The lowest BCUT2D eigenvalue weighted by molar-refractivity contribution is -0.143. The highest BCUT2D eigenvalue weighted by atomic mass is 35.5. The first-order chi connectivity index (χ1) is 13.3. The van der Waals surface area contributed by atoms with Crippen LogP contribution >= 0.6 is 11.6 Å². The summed E-state index contributed by atoms with van der Waals surface area (Å²) in [5.41, 5.74) is 0.858. The van der Waals surface area contributed by atoms with Gasteiger partial charge in [0.2, 0.25) is 0 Å². The number of alkyl halides is 3. The topological polar surface area (TPSA) is 58.1 Å². The van der Waals surface area contributed by atoms with Gasteiger partial charge in [-0.15, -0.1) is 0 Å². The number of rotatable bonds is 5. The summed E-state index contributed by atoms with van der Waals surface area (Å²) in [7, 11) is 0. The summed E-state index contributed by atoms with van der Waals surface area (Å²) in [4.78, 5) is 5.94. The largest absolute Gasteiger partial charge is 0.486 e. The molecule has 1 fully saturated rings. The van der Waals surface area contributed by atoms with Gasteiger partial charge in [0.1, 0.15) is 13.2 Å². The number of aliphatic imine (C=N–C) groups is 1. The molecule has 1 unspecified atom stereocenters. The zero-order valence-corrected chi connectivity index (χ0v) is 16.4. The minimum Gasteiger partial charge on any atom is -0.486 e. The first-order valence-corrected chi connectivity index (χ1v) is 9.64. The molecule has 2 aliphatic heterocycles. The van der Waals surface area contributed by atoms with Crippen molar-refractivity contribution < 1.29 is 22.6 Å². The third kappa shape index (κ3) is 5.81. The summed E-state index contributed by atoms with van der Waals surface area (Å²) in [6.45, 7) is 3.73. The van der Waals surface area contributed by atoms with E-state index in [1.165, 1.54) is 4.90 Å². The predicted molar refractivity (Wildman–Crippen MR) is 101 cm³/mol. The number of halogens is 4. The first-order valence-electron chi connectivity index (χ1n) is 9.26. The number of likely N-dealkylation sites (tertiary alicyclic amines) is 1. The summed E-state index contributed by atoms with van der Waals surface area (Å²) >= 11 is 6.25. The lowest BCUT2D eigenvalue weighted by Gasteiger charge is -2.21. The van der Waals surface area contributed by atoms with Crippen molar-refractivity contribution >= 4 is 17.6 Å². The molecule has 0 aromatic heterocycles. The molecular weight excluding hydrogens is 397 g/mol. The zero-order valence-electron chi connectivity index (χ0n) is 15.6. The fourth-order valence-corrected chi connectivity index (χ4v) is 3.57. The van der Waals surface area contributed by atoms with E-state index in [0.717, 1.165) is 5.56 Å². The molecule has 0 bridgehead atoms. The third-order valence-electron chi connectivity index (χ3n) is 4.44. The van der Waals surface area contributed by atoms with Crippen LogP contribution in [0.4, 0.5) is 13.2 Å². The predicted octanol–water partition coefficient (Wildman–Crippen LogP) is 2.80. The van der Waals surface area contributed by atoms with Crippen molar-refractivity contribution in [2.24, 2.45) is 4.99 Å². The molecule has 0 amide bonds. The Balaban J connectivity index is 1.61. The van der Waals surface area contributed by atoms with Gasteiger partial charge in [-0.25, -0.2) is 4.99 Å². The summed E-state index contributed by atoms with van der Waals surface area (Å²) < 4.78 is 48.7. The second kappa shape index (κ2) is 9.09. The SMILES string of the molecule is CCNC(=NCc1cc(Cl)c2c(c1)OCCO2)NC1CCN(CC(F)(F)F)C1. The highest BCUT2D eigenvalue weighted by Crippen LogP contribution is 2.38. The summed E-state index contributed by atoms with van der Waals surface area (Å²) in [5, 5.41) is 6.82. The van der Waals surface area contributed by atoms with Crippen molar-refractivity contribution in [1.29, 1.82) is 0 Å². The molecule has 10 heteroatoms. The average molecular weight is 421 g/mol. The van der Waals surface area contributed by atoms with Gasteiger partial charge in [-0.3, -0.25) is 4.90 Å². The second-order valence-corrected chi connectivity index (χ2v) is 7.18. The highest BCUT2D eigenvalue weighted by molar-refractivity contribution is 6.32. The molecule has 0 radical (unpaired) electrons. The molecule has 1 aromatic carbocycles. The van der Waals surface area contributed by atoms with Crippen LogP contribution in [0.5, 0.6) is 11.5 Å². The fourth-order valence-electron chi connectivity index (χ4n) is 3.29. The van der Waals surface area contributed by atoms with E-state index in [2.05, 4.69) is 15.6 Å². The number of fused-ring (bicyclic) bond motifs is 1. The van der Waals surface area contributed by atoms with Crippen molar-refractivity contribution in [2.75, 3.05) is 39.4 Å². The quantitative estimate of drug-likeness (QED) is 0.566. The number of nitrogens with one attached hydrogen (secondary N) is 2. The summed E-state index contributed by atoms with van der Waals surface area (Å²) in [6, 6.07) is 3.54. The Bertz CT molecular complexity index is 715. The third-order valence-corrected chi connectivity index (χ3v) is 4.72. The van der Waals surface area contributed by atoms with Crippen molar-refractivity contribution in [2.45, 2.75) is 32.1 Å². The second-order valence-electron chi connectivity index (χ2n) is 6.78. The van der Waals surface area contributed by atoms with Crippen molar-refractivity contribution in [1.82, 2.24) is 15.5 Å². The van der Waals surface area contributed by atoms with Crippen LogP contribution in [0.15, 0.2) is 17.1 Å². The molecule has 3 rings (SSSR count). The highest BCUT2D eigenvalue weighted by Gasteiger charge is 2.34. The van der Waals surface area contributed by atoms with Crippen LogP contribution < -0.4 is 20.1 Å². The summed E-state index contributed by atoms with van der Waals surface area (Å²) in [6.07, 6.45) is -3.54. The van der Waals surface area contributed by atoms with E-state index in [4.69, 9.17) is 21.1 Å². The smallest absolute Gasteiger partial charge is 0.401 e. The van der Waals surface area contributed by atoms with E-state index in [-0.39, 0.29) is 6.04 Å². The Morgan fingerprint density at radius 2 is 2.11 bits per heavy atom. The van der Waals surface area contributed by atoms with E-state index in [0.29, 0.717) is 68.3 Å². The fraction of sp³-hybridized carbons (Fsp3) is 0.611. The molecule has 6 nitrogen and oxygen atoms in total. The molecule has 2 heterocycles. The maximum atomic E-state index is 12.6. The molecule has 1 aromatic rings. The Kier molecular flexibility index (Phi) is 6.77. The molecule has 0 saturated carbocycles. The number of hydrogen-bond acceptors (Lipinski definition) is 4. The molecule has 1 saturated heterocycles. The molecule has 28 heavy (non-hydrogen) atoms. The van der Waals surface area contributed by atoms with Gasteiger partial charge in [0.15, 0.2) is 17.5 Å². The Morgan fingerprint density at radius 1 is 1.32 bits per heavy atom. The number of benzene rings is 1. The Hall–Kier alpha value is -1.87. The minimum absolute atomic E-state index is 0.0796. The van der Waals surface area contributed by atoms with Crippen LogP contribution in [0.2, 0.25) is 5.02 Å². The number of guanidine groups is 1. The Labute approximate surface area is 167 Å². The van der Waals surface area contributed by atoms with E-state index in [9.17, 15) is 13.2 Å². The number of nitrogens with zero attached hydrogens (tertiary/aromatic N) is 2. The van der Waals surface area contributed by atoms with Gasteiger partial charge in [0.05, 0.1) is 18.1 Å². The van der Waals surface area contributed by atoms with Crippen LogP contribution in [-0.2, 0) is 6.54 Å². The van der Waals surface area contributed by atoms with Crippen LogP contribution in [-0.4, -0.2) is 62.5 Å². The lowest BCUT2D eigenvalue weighted by Crippen LogP contribution is -2.45. The van der Waals surface area contributed by atoms with Gasteiger partial charge in [0.25, 0.3) is 0 Å². The van der Waals surface area contributed by atoms with E-state index in [1.54, 1.807) is 6.07 Å². The van der Waals surface area contributed by atoms with Crippen LogP contribution in [0.25, 0.3) is 0 Å². The number of ether oxygens (including phenoxy) is 2. The average Bonchev–Trinajstić information content (AvgIpc) is 3.05. The summed E-state index contributed by atoms with van der Waals surface area (Å²) in [5.74, 6) is 1.70. The van der Waals surface area contributed by atoms with Crippen LogP contribution in [0.1, 0.15) is 18.9 Å². The standard InChI is InChI=1S/C18H24ClF3N4O2/c1-2-23-17(25-13-3-4-26(10-13)11-18(20,21)22)24-9-12-7-14(19)16-15(8-12)27-5-6-28-16/h7-8,13H,2-6,9-11H2,1H3,(H2,23,24,25). The van der Waals surface area contributed by atoms with Crippen molar-refractivity contribution in [3.63, 3.8) is 0 Å². The van der Waals surface area contributed by atoms with Gasteiger partial charge >= 0.3 is 6.18 Å². The molecule has 0 spiro atoms. The molecule has 156 valence electrons. The lowest BCUT2D eigenvalue weighted by atomic mass is 10.2. The number of hydrogen-bond donors (Lipinski definition) is 2. The molecule has 2 N–H and O–H groups in total. The van der Waals surface area contributed by atoms with Gasteiger partial charge < -0.3 is 20.1 Å². The maximum absolute atomic E-state index is 12.6. The first kappa shape index (κ1) is 20.9. The zero-order chi connectivity index (χ0) is 20.1. The van der Waals surface area contributed by atoms with Gasteiger partial charge in [-0.2, -0.15) is 13.2 Å². The monoisotopic (exact) mass is 420 g/mol.